The molecule has 2 heteroatoms. The third kappa shape index (κ3) is 2.98. The third-order valence-corrected chi connectivity index (χ3v) is 4.72. The summed E-state index contributed by atoms with van der Waals surface area (Å²) in [6, 6.07) is 0. The Kier molecular flexibility index (Phi) is 3.60. The normalized spacial score (nSPS) is 38.1. The summed E-state index contributed by atoms with van der Waals surface area (Å²) in [5.41, 5.74) is 7.14. The van der Waals surface area contributed by atoms with Crippen LogP contribution in [0.2, 0.25) is 0 Å². The summed E-state index contributed by atoms with van der Waals surface area (Å²) in [6.45, 7) is 6.93. The van der Waals surface area contributed by atoms with Gasteiger partial charge in [0.25, 0.3) is 0 Å². The van der Waals surface area contributed by atoms with Gasteiger partial charge in [-0.25, -0.2) is 0 Å². The molecule has 2 fully saturated rings. The third-order valence-electron chi connectivity index (χ3n) is 4.72. The number of hydrogen-bond donors (Lipinski definition) is 2. The van der Waals surface area contributed by atoms with Gasteiger partial charge in [0.1, 0.15) is 0 Å². The van der Waals surface area contributed by atoms with Gasteiger partial charge in [0.2, 0.25) is 0 Å². The van der Waals surface area contributed by atoms with Crippen LogP contribution < -0.4 is 11.1 Å². The molecule has 0 aliphatic heterocycles. The minimum Gasteiger partial charge on any atom is -0.324 e. The molecule has 2 saturated carbocycles. The van der Waals surface area contributed by atoms with Crippen LogP contribution in [0.5, 0.6) is 0 Å². The minimum atomic E-state index is 0.0811. The van der Waals surface area contributed by atoms with Crippen molar-refractivity contribution in [1.29, 1.82) is 0 Å². The number of nitrogens with one attached hydrogen (secondary N) is 1. The Morgan fingerprint density at radius 1 is 1.19 bits per heavy atom. The molecule has 2 atom stereocenters. The molecule has 0 aromatic heterocycles. The molecular weight excluding hydrogens is 196 g/mol. The summed E-state index contributed by atoms with van der Waals surface area (Å²) in [5, 5.41) is 3.63. The van der Waals surface area contributed by atoms with Crippen molar-refractivity contribution < 1.29 is 0 Å². The zero-order valence-corrected chi connectivity index (χ0v) is 11.0. The van der Waals surface area contributed by atoms with E-state index in [1.807, 2.05) is 0 Å². The van der Waals surface area contributed by atoms with Crippen LogP contribution in [0.15, 0.2) is 0 Å². The topological polar surface area (TPSA) is 38.0 Å². The van der Waals surface area contributed by atoms with Gasteiger partial charge in [-0.05, 0) is 37.0 Å². The zero-order valence-electron chi connectivity index (χ0n) is 11.0. The van der Waals surface area contributed by atoms with E-state index in [0.717, 1.165) is 12.5 Å². The highest BCUT2D eigenvalue weighted by atomic mass is 14.9. The molecule has 94 valence electrons. The van der Waals surface area contributed by atoms with E-state index in [9.17, 15) is 0 Å². The van der Waals surface area contributed by atoms with Gasteiger partial charge < -0.3 is 11.1 Å². The SMILES string of the molecule is CC1CCCC(N)(CNCC2(C)CCC2)C1. The summed E-state index contributed by atoms with van der Waals surface area (Å²) in [7, 11) is 0. The summed E-state index contributed by atoms with van der Waals surface area (Å²) in [6.07, 6.45) is 9.32. The van der Waals surface area contributed by atoms with Crippen molar-refractivity contribution in [2.45, 2.75) is 64.3 Å². The monoisotopic (exact) mass is 224 g/mol. The molecule has 0 bridgehead atoms. The molecule has 3 N–H and O–H groups in total. The number of rotatable bonds is 4. The number of nitrogens with two attached hydrogens (primary N) is 1. The number of hydrogen-bond acceptors (Lipinski definition) is 2. The van der Waals surface area contributed by atoms with E-state index in [1.54, 1.807) is 0 Å². The van der Waals surface area contributed by atoms with Gasteiger partial charge in [-0.15, -0.1) is 0 Å². The Hall–Kier alpha value is -0.0800. The molecule has 2 aliphatic rings. The van der Waals surface area contributed by atoms with Crippen LogP contribution >= 0.6 is 0 Å². The average Bonchev–Trinajstić information content (AvgIpc) is 2.14. The first-order chi connectivity index (χ1) is 7.52. The van der Waals surface area contributed by atoms with E-state index >= 15 is 0 Å². The van der Waals surface area contributed by atoms with Crippen LogP contribution in [0, 0.1) is 11.3 Å². The maximum atomic E-state index is 6.48. The van der Waals surface area contributed by atoms with Crippen LogP contribution in [0.1, 0.15) is 58.8 Å². The average molecular weight is 224 g/mol. The van der Waals surface area contributed by atoms with Gasteiger partial charge in [0.05, 0.1) is 0 Å². The van der Waals surface area contributed by atoms with E-state index < -0.39 is 0 Å². The first-order valence-electron chi connectivity index (χ1n) is 7.01. The van der Waals surface area contributed by atoms with E-state index in [-0.39, 0.29) is 5.54 Å². The standard InChI is InChI=1S/C14H28N2/c1-12-5-3-8-14(15,9-12)11-16-10-13(2)6-4-7-13/h12,16H,3-11,15H2,1-2H3. The highest BCUT2D eigenvalue weighted by Crippen LogP contribution is 2.39. The molecule has 0 amide bonds. The predicted octanol–water partition coefficient (Wildman–Crippen LogP) is 2.67. The molecule has 0 aromatic carbocycles. The van der Waals surface area contributed by atoms with E-state index in [2.05, 4.69) is 19.2 Å². The lowest BCUT2D eigenvalue weighted by Crippen LogP contribution is -2.53. The molecule has 0 aromatic rings. The maximum absolute atomic E-state index is 6.48. The molecular formula is C14H28N2. The van der Waals surface area contributed by atoms with Crippen LogP contribution in [0.3, 0.4) is 0 Å². The first-order valence-corrected chi connectivity index (χ1v) is 7.01. The predicted molar refractivity (Wildman–Crippen MR) is 69.4 cm³/mol. The fourth-order valence-corrected chi connectivity index (χ4v) is 3.43. The van der Waals surface area contributed by atoms with Crippen molar-refractivity contribution in [2.75, 3.05) is 13.1 Å². The second kappa shape index (κ2) is 4.66. The highest BCUT2D eigenvalue weighted by Gasteiger charge is 2.34. The van der Waals surface area contributed by atoms with Crippen molar-refractivity contribution in [3.8, 4) is 0 Å². The fourth-order valence-electron chi connectivity index (χ4n) is 3.43. The van der Waals surface area contributed by atoms with Crippen molar-refractivity contribution in [1.82, 2.24) is 5.32 Å². The van der Waals surface area contributed by atoms with Gasteiger partial charge in [-0.3, -0.25) is 0 Å². The summed E-state index contributed by atoms with van der Waals surface area (Å²) >= 11 is 0. The van der Waals surface area contributed by atoms with Crippen LogP contribution in [0.25, 0.3) is 0 Å². The smallest absolute Gasteiger partial charge is 0.0283 e. The quantitative estimate of drug-likeness (QED) is 0.770. The minimum absolute atomic E-state index is 0.0811. The molecule has 0 radical (unpaired) electrons. The highest BCUT2D eigenvalue weighted by molar-refractivity contribution is 4.93. The maximum Gasteiger partial charge on any atom is 0.0283 e. The Bertz CT molecular complexity index is 235. The fraction of sp³-hybridized carbons (Fsp3) is 1.00. The van der Waals surface area contributed by atoms with E-state index in [4.69, 9.17) is 5.73 Å². The largest absolute Gasteiger partial charge is 0.324 e. The molecule has 2 aliphatic carbocycles. The molecule has 0 heterocycles. The summed E-state index contributed by atoms with van der Waals surface area (Å²) in [5.74, 6) is 0.819. The summed E-state index contributed by atoms with van der Waals surface area (Å²) < 4.78 is 0. The van der Waals surface area contributed by atoms with Gasteiger partial charge >= 0.3 is 0 Å². The Balaban J connectivity index is 1.71. The molecule has 2 nitrogen and oxygen atoms in total. The van der Waals surface area contributed by atoms with Crippen molar-refractivity contribution in [3.05, 3.63) is 0 Å². The Morgan fingerprint density at radius 3 is 2.50 bits per heavy atom. The zero-order chi connectivity index (χ0) is 11.6. The molecule has 0 spiro atoms. The van der Waals surface area contributed by atoms with Crippen LogP contribution in [-0.4, -0.2) is 18.6 Å². The van der Waals surface area contributed by atoms with Crippen LogP contribution in [0.4, 0.5) is 0 Å². The van der Waals surface area contributed by atoms with Gasteiger partial charge in [0, 0.05) is 18.6 Å². The molecule has 2 unspecified atom stereocenters. The lowest BCUT2D eigenvalue weighted by atomic mass is 9.70. The summed E-state index contributed by atoms with van der Waals surface area (Å²) in [4.78, 5) is 0. The lowest BCUT2D eigenvalue weighted by Gasteiger charge is -2.41. The van der Waals surface area contributed by atoms with Gasteiger partial charge in [0.15, 0.2) is 0 Å². The molecule has 0 saturated heterocycles. The molecule has 16 heavy (non-hydrogen) atoms. The second-order valence-electron chi connectivity index (χ2n) is 6.83. The van der Waals surface area contributed by atoms with Crippen molar-refractivity contribution in [2.24, 2.45) is 17.1 Å². The molecule has 2 rings (SSSR count). The van der Waals surface area contributed by atoms with E-state index in [0.29, 0.717) is 5.41 Å². The lowest BCUT2D eigenvalue weighted by molar-refractivity contribution is 0.145. The Morgan fingerprint density at radius 2 is 1.94 bits per heavy atom. The first kappa shape index (κ1) is 12.4. The van der Waals surface area contributed by atoms with Crippen molar-refractivity contribution >= 4 is 0 Å². The van der Waals surface area contributed by atoms with Crippen molar-refractivity contribution in [3.63, 3.8) is 0 Å². The van der Waals surface area contributed by atoms with Gasteiger partial charge in [-0.1, -0.05) is 33.1 Å². The van der Waals surface area contributed by atoms with E-state index in [1.165, 1.54) is 51.5 Å². The second-order valence-corrected chi connectivity index (χ2v) is 6.83. The van der Waals surface area contributed by atoms with Gasteiger partial charge in [-0.2, -0.15) is 0 Å². The van der Waals surface area contributed by atoms with Crippen LogP contribution in [-0.2, 0) is 0 Å². The Labute approximate surface area is 100 Å².